The van der Waals surface area contributed by atoms with Gasteiger partial charge < -0.3 is 5.11 Å². The summed E-state index contributed by atoms with van der Waals surface area (Å²) in [6, 6.07) is 2.73. The summed E-state index contributed by atoms with van der Waals surface area (Å²) in [5, 5.41) is 9.69. The molecule has 1 aromatic carbocycles. The van der Waals surface area contributed by atoms with Crippen LogP contribution in [0.15, 0.2) is 12.1 Å². The molecule has 0 spiro atoms. The predicted molar refractivity (Wildman–Crippen MR) is 51.5 cm³/mol. The molecular formula is C11H15FO. The second-order valence-electron chi connectivity index (χ2n) is 4.37. The van der Waals surface area contributed by atoms with Crippen molar-refractivity contribution < 1.29 is 9.50 Å². The molecule has 0 fully saturated rings. The average molecular weight is 182 g/mol. The lowest BCUT2D eigenvalue weighted by Gasteiger charge is -2.21. The largest absolute Gasteiger partial charge is 0.507 e. The van der Waals surface area contributed by atoms with Gasteiger partial charge in [-0.15, -0.1) is 0 Å². The topological polar surface area (TPSA) is 20.2 Å². The predicted octanol–water partition coefficient (Wildman–Crippen LogP) is 3.14. The van der Waals surface area contributed by atoms with Gasteiger partial charge in [0.2, 0.25) is 0 Å². The lowest BCUT2D eigenvalue weighted by atomic mass is 9.85. The van der Waals surface area contributed by atoms with Crippen molar-refractivity contribution in [3.8, 4) is 5.75 Å². The number of hydrogen-bond donors (Lipinski definition) is 1. The van der Waals surface area contributed by atoms with Crippen molar-refractivity contribution >= 4 is 0 Å². The highest BCUT2D eigenvalue weighted by Gasteiger charge is 2.19. The molecule has 2 heteroatoms. The third kappa shape index (κ3) is 2.00. The number of rotatable bonds is 0. The lowest BCUT2D eigenvalue weighted by molar-refractivity contribution is 0.439. The van der Waals surface area contributed by atoms with Gasteiger partial charge in [0.25, 0.3) is 0 Å². The molecule has 13 heavy (non-hydrogen) atoms. The van der Waals surface area contributed by atoms with E-state index in [4.69, 9.17) is 0 Å². The number of aryl methyl sites for hydroxylation is 1. The van der Waals surface area contributed by atoms with Crippen LogP contribution in [-0.2, 0) is 5.41 Å². The Kier molecular flexibility index (Phi) is 2.33. The van der Waals surface area contributed by atoms with E-state index in [9.17, 15) is 9.50 Å². The van der Waals surface area contributed by atoms with Crippen LogP contribution in [-0.4, -0.2) is 5.11 Å². The maximum atomic E-state index is 13.0. The molecule has 0 bridgehead atoms. The molecule has 0 saturated heterocycles. The number of phenols is 1. The molecular weight excluding hydrogens is 167 g/mol. The van der Waals surface area contributed by atoms with Gasteiger partial charge in [0.15, 0.2) is 0 Å². The van der Waals surface area contributed by atoms with E-state index in [2.05, 4.69) is 0 Å². The van der Waals surface area contributed by atoms with Gasteiger partial charge in [-0.3, -0.25) is 0 Å². The minimum absolute atomic E-state index is 0.203. The maximum absolute atomic E-state index is 13.0. The number of benzene rings is 1. The molecule has 0 heterocycles. The third-order valence-electron chi connectivity index (χ3n) is 2.07. The van der Waals surface area contributed by atoms with Crippen molar-refractivity contribution in [2.75, 3.05) is 0 Å². The van der Waals surface area contributed by atoms with Gasteiger partial charge in [-0.1, -0.05) is 20.8 Å². The Morgan fingerprint density at radius 3 is 2.23 bits per heavy atom. The second kappa shape index (κ2) is 3.02. The molecule has 0 saturated carbocycles. The minimum atomic E-state index is -0.291. The Morgan fingerprint density at radius 1 is 1.23 bits per heavy atom. The first-order chi connectivity index (χ1) is 5.82. The summed E-state index contributed by atoms with van der Waals surface area (Å²) in [6.07, 6.45) is 0. The van der Waals surface area contributed by atoms with E-state index in [0.29, 0.717) is 11.1 Å². The van der Waals surface area contributed by atoms with Crippen LogP contribution in [0.25, 0.3) is 0 Å². The molecule has 1 N–H and O–H groups in total. The van der Waals surface area contributed by atoms with Gasteiger partial charge in [-0.25, -0.2) is 4.39 Å². The van der Waals surface area contributed by atoms with E-state index >= 15 is 0 Å². The molecule has 72 valence electrons. The highest BCUT2D eigenvalue weighted by Crippen LogP contribution is 2.33. The van der Waals surface area contributed by atoms with Crippen LogP contribution >= 0.6 is 0 Å². The Bertz CT molecular complexity index is 324. The Morgan fingerprint density at radius 2 is 1.77 bits per heavy atom. The first-order valence-corrected chi connectivity index (χ1v) is 4.32. The van der Waals surface area contributed by atoms with Crippen LogP contribution in [0.1, 0.15) is 31.9 Å². The van der Waals surface area contributed by atoms with Crippen LogP contribution in [0.3, 0.4) is 0 Å². The minimum Gasteiger partial charge on any atom is -0.507 e. The van der Waals surface area contributed by atoms with Gasteiger partial charge in [0.05, 0.1) is 0 Å². The van der Waals surface area contributed by atoms with E-state index < -0.39 is 0 Å². The Hall–Kier alpha value is -1.05. The van der Waals surface area contributed by atoms with Gasteiger partial charge in [-0.2, -0.15) is 0 Å². The van der Waals surface area contributed by atoms with Gasteiger partial charge in [0, 0.05) is 5.56 Å². The highest BCUT2D eigenvalue weighted by molar-refractivity contribution is 5.43. The van der Waals surface area contributed by atoms with Crippen LogP contribution < -0.4 is 0 Å². The summed E-state index contributed by atoms with van der Waals surface area (Å²) < 4.78 is 13.0. The fraction of sp³-hybridized carbons (Fsp3) is 0.455. The first kappa shape index (κ1) is 10.0. The maximum Gasteiger partial charge on any atom is 0.124 e. The molecule has 1 aromatic rings. The molecule has 0 aromatic heterocycles. The summed E-state index contributed by atoms with van der Waals surface area (Å²) in [5.41, 5.74) is 1.02. The number of halogens is 1. The summed E-state index contributed by atoms with van der Waals surface area (Å²) in [6.45, 7) is 7.54. The SMILES string of the molecule is Cc1cc(F)cc(C(C)(C)C)c1O. The molecule has 0 aliphatic carbocycles. The summed E-state index contributed by atoms with van der Waals surface area (Å²) in [5.74, 6) is -0.0888. The zero-order valence-corrected chi connectivity index (χ0v) is 8.48. The van der Waals surface area contributed by atoms with Crippen molar-refractivity contribution in [1.82, 2.24) is 0 Å². The van der Waals surface area contributed by atoms with Gasteiger partial charge in [0.1, 0.15) is 11.6 Å². The first-order valence-electron chi connectivity index (χ1n) is 4.32. The fourth-order valence-electron chi connectivity index (χ4n) is 1.31. The van der Waals surface area contributed by atoms with Crippen LogP contribution in [0.4, 0.5) is 4.39 Å². The number of phenolic OH excluding ortho intramolecular Hbond substituents is 1. The zero-order valence-electron chi connectivity index (χ0n) is 8.48. The number of hydrogen-bond acceptors (Lipinski definition) is 1. The van der Waals surface area contributed by atoms with E-state index in [1.54, 1.807) is 6.92 Å². The van der Waals surface area contributed by atoms with Gasteiger partial charge in [-0.05, 0) is 30.0 Å². The van der Waals surface area contributed by atoms with Gasteiger partial charge >= 0.3 is 0 Å². The van der Waals surface area contributed by atoms with Crippen molar-refractivity contribution in [1.29, 1.82) is 0 Å². The fourth-order valence-corrected chi connectivity index (χ4v) is 1.31. The quantitative estimate of drug-likeness (QED) is 0.653. The van der Waals surface area contributed by atoms with Crippen LogP contribution in [0, 0.1) is 12.7 Å². The van der Waals surface area contributed by atoms with E-state index in [0.717, 1.165) is 0 Å². The smallest absolute Gasteiger partial charge is 0.124 e. The molecule has 0 atom stereocenters. The molecule has 0 aliphatic rings. The van der Waals surface area contributed by atoms with E-state index in [-0.39, 0.29) is 17.0 Å². The van der Waals surface area contributed by atoms with Crippen molar-refractivity contribution in [3.05, 3.63) is 29.1 Å². The molecule has 0 radical (unpaired) electrons. The highest BCUT2D eigenvalue weighted by atomic mass is 19.1. The lowest BCUT2D eigenvalue weighted by Crippen LogP contribution is -2.12. The van der Waals surface area contributed by atoms with Crippen LogP contribution in [0.2, 0.25) is 0 Å². The summed E-state index contributed by atoms with van der Waals surface area (Å²) in [4.78, 5) is 0. The average Bonchev–Trinajstić information content (AvgIpc) is 1.94. The third-order valence-corrected chi connectivity index (χ3v) is 2.07. The van der Waals surface area contributed by atoms with Crippen molar-refractivity contribution in [2.24, 2.45) is 0 Å². The Labute approximate surface area is 78.2 Å². The van der Waals surface area contributed by atoms with Crippen molar-refractivity contribution in [3.63, 3.8) is 0 Å². The molecule has 0 amide bonds. The Balaban J connectivity index is 3.37. The van der Waals surface area contributed by atoms with Crippen molar-refractivity contribution in [2.45, 2.75) is 33.1 Å². The molecule has 0 unspecified atom stereocenters. The molecule has 1 rings (SSSR count). The van der Waals surface area contributed by atoms with E-state index in [1.165, 1.54) is 12.1 Å². The summed E-state index contributed by atoms with van der Waals surface area (Å²) in [7, 11) is 0. The van der Waals surface area contributed by atoms with Crippen LogP contribution in [0.5, 0.6) is 5.75 Å². The zero-order chi connectivity index (χ0) is 10.2. The second-order valence-corrected chi connectivity index (χ2v) is 4.37. The standard InChI is InChI=1S/C11H15FO/c1-7-5-8(12)6-9(10(7)13)11(2,3)4/h5-6,13H,1-4H3. The molecule has 1 nitrogen and oxygen atoms in total. The normalized spacial score (nSPS) is 11.8. The summed E-state index contributed by atoms with van der Waals surface area (Å²) >= 11 is 0. The monoisotopic (exact) mass is 182 g/mol. The van der Waals surface area contributed by atoms with E-state index in [1.807, 2.05) is 20.8 Å². The molecule has 0 aliphatic heterocycles. The number of aromatic hydroxyl groups is 1.